The molecule has 384 valence electrons. The van der Waals surface area contributed by atoms with Crippen LogP contribution in [0.2, 0.25) is 0 Å². The minimum absolute atomic E-state index is 0.0655. The number of hydrogen-bond donors (Lipinski definition) is 0. The summed E-state index contributed by atoms with van der Waals surface area (Å²) in [5, 5.41) is 0. The SMILES string of the molecule is CCCCCCCCCC/C=C\CCCCCCCCCC(=O)OCC(COC(=O)CCCCCCCCCCCCC)OC(=O)CCCCCCCCCCCCCCCCCCC. The molecule has 1 atom stereocenters. The van der Waals surface area contributed by atoms with Gasteiger partial charge in [0.05, 0.1) is 0 Å². The Morgan fingerprint density at radius 3 is 0.769 bits per heavy atom. The van der Waals surface area contributed by atoms with Crippen LogP contribution in [-0.2, 0) is 28.6 Å². The summed E-state index contributed by atoms with van der Waals surface area (Å²) in [6.07, 6.45) is 62.0. The molecule has 0 fully saturated rings. The van der Waals surface area contributed by atoms with Gasteiger partial charge in [0.2, 0.25) is 0 Å². The third-order valence-corrected chi connectivity index (χ3v) is 13.3. The smallest absolute Gasteiger partial charge is 0.306 e. The molecular weight excluding hydrogens is 805 g/mol. The second kappa shape index (κ2) is 54.8. The Labute approximate surface area is 405 Å². The Morgan fingerprint density at radius 2 is 0.508 bits per heavy atom. The van der Waals surface area contributed by atoms with Gasteiger partial charge in [0.25, 0.3) is 0 Å². The van der Waals surface area contributed by atoms with Crippen LogP contribution < -0.4 is 0 Å². The molecule has 6 heteroatoms. The third kappa shape index (κ3) is 53.0. The maximum Gasteiger partial charge on any atom is 0.306 e. The lowest BCUT2D eigenvalue weighted by Gasteiger charge is -2.18. The number of hydrogen-bond acceptors (Lipinski definition) is 6. The molecule has 0 aliphatic heterocycles. The highest BCUT2D eigenvalue weighted by Gasteiger charge is 2.19. The molecule has 0 aliphatic rings. The van der Waals surface area contributed by atoms with Gasteiger partial charge >= 0.3 is 17.9 Å². The van der Waals surface area contributed by atoms with Crippen molar-refractivity contribution in [3.05, 3.63) is 12.2 Å². The van der Waals surface area contributed by atoms with Gasteiger partial charge in [-0.3, -0.25) is 14.4 Å². The first-order chi connectivity index (χ1) is 32.0. The fourth-order valence-corrected chi connectivity index (χ4v) is 8.85. The maximum absolute atomic E-state index is 12.8. The molecule has 6 nitrogen and oxygen atoms in total. The van der Waals surface area contributed by atoms with Crippen LogP contribution >= 0.6 is 0 Å². The van der Waals surface area contributed by atoms with Gasteiger partial charge in [-0.25, -0.2) is 0 Å². The zero-order valence-electron chi connectivity index (χ0n) is 44.0. The summed E-state index contributed by atoms with van der Waals surface area (Å²) >= 11 is 0. The van der Waals surface area contributed by atoms with E-state index in [1.54, 1.807) is 0 Å². The molecule has 0 spiro atoms. The number of esters is 3. The van der Waals surface area contributed by atoms with Crippen molar-refractivity contribution >= 4 is 17.9 Å². The summed E-state index contributed by atoms with van der Waals surface area (Å²) in [6, 6.07) is 0. The van der Waals surface area contributed by atoms with E-state index in [9.17, 15) is 14.4 Å². The van der Waals surface area contributed by atoms with Crippen molar-refractivity contribution in [2.75, 3.05) is 13.2 Å². The molecule has 65 heavy (non-hydrogen) atoms. The van der Waals surface area contributed by atoms with Crippen molar-refractivity contribution in [3.63, 3.8) is 0 Å². The Bertz CT molecular complexity index is 1010. The average molecular weight is 918 g/mol. The normalized spacial score (nSPS) is 12.0. The standard InChI is InChI=1S/C59H112O6/c1-4-7-10-13-16-19-22-24-26-28-29-31-32-34-37-40-43-46-49-52-58(61)64-55-56(54-63-57(60)51-48-45-42-39-36-21-18-15-12-9-6-3)65-59(62)53-50-47-44-41-38-35-33-30-27-25-23-20-17-14-11-8-5-2/h28-29,56H,4-27,30-55H2,1-3H3/b29-28-. The molecule has 0 aromatic rings. The van der Waals surface area contributed by atoms with Gasteiger partial charge in [0.1, 0.15) is 13.2 Å². The van der Waals surface area contributed by atoms with Gasteiger partial charge in [-0.15, -0.1) is 0 Å². The number of ether oxygens (including phenoxy) is 3. The fourth-order valence-electron chi connectivity index (χ4n) is 8.85. The van der Waals surface area contributed by atoms with Crippen molar-refractivity contribution in [2.24, 2.45) is 0 Å². The number of carbonyl (C=O) groups excluding carboxylic acids is 3. The number of carbonyl (C=O) groups is 3. The van der Waals surface area contributed by atoms with E-state index in [1.807, 2.05) is 0 Å². The van der Waals surface area contributed by atoms with E-state index in [-0.39, 0.29) is 31.1 Å². The van der Waals surface area contributed by atoms with E-state index in [1.165, 1.54) is 231 Å². The molecule has 0 aromatic carbocycles. The lowest BCUT2D eigenvalue weighted by atomic mass is 10.0. The quantitative estimate of drug-likeness (QED) is 0.0262. The molecule has 0 rings (SSSR count). The molecule has 0 aliphatic carbocycles. The summed E-state index contributed by atoms with van der Waals surface area (Å²) in [5.41, 5.74) is 0. The zero-order valence-corrected chi connectivity index (χ0v) is 44.0. The van der Waals surface area contributed by atoms with E-state index in [2.05, 4.69) is 32.9 Å². The Kier molecular flexibility index (Phi) is 53.2. The van der Waals surface area contributed by atoms with E-state index in [0.717, 1.165) is 57.8 Å². The average Bonchev–Trinajstić information content (AvgIpc) is 3.30. The first-order valence-electron chi connectivity index (χ1n) is 29.2. The first kappa shape index (κ1) is 63.1. The Morgan fingerprint density at radius 1 is 0.292 bits per heavy atom. The van der Waals surface area contributed by atoms with E-state index in [0.29, 0.717) is 19.3 Å². The van der Waals surface area contributed by atoms with E-state index >= 15 is 0 Å². The molecular formula is C59H112O6. The fraction of sp³-hybridized carbons (Fsp3) is 0.915. The molecule has 0 radical (unpaired) electrons. The van der Waals surface area contributed by atoms with Crippen molar-refractivity contribution in [1.82, 2.24) is 0 Å². The molecule has 0 N–H and O–H groups in total. The second-order valence-corrected chi connectivity index (χ2v) is 19.9. The highest BCUT2D eigenvalue weighted by atomic mass is 16.6. The summed E-state index contributed by atoms with van der Waals surface area (Å²) in [4.78, 5) is 38.1. The summed E-state index contributed by atoms with van der Waals surface area (Å²) in [6.45, 7) is 6.69. The predicted octanol–water partition coefficient (Wildman–Crippen LogP) is 19.3. The van der Waals surface area contributed by atoms with Gasteiger partial charge in [0, 0.05) is 19.3 Å². The van der Waals surface area contributed by atoms with Crippen LogP contribution in [-0.4, -0.2) is 37.2 Å². The van der Waals surface area contributed by atoms with Crippen LogP contribution in [0.15, 0.2) is 12.2 Å². The van der Waals surface area contributed by atoms with Crippen LogP contribution in [0.25, 0.3) is 0 Å². The molecule has 0 bridgehead atoms. The van der Waals surface area contributed by atoms with Crippen LogP contribution in [0.5, 0.6) is 0 Å². The van der Waals surface area contributed by atoms with Crippen molar-refractivity contribution in [1.29, 1.82) is 0 Å². The largest absolute Gasteiger partial charge is 0.462 e. The topological polar surface area (TPSA) is 78.9 Å². The van der Waals surface area contributed by atoms with Gasteiger partial charge in [0.15, 0.2) is 6.10 Å². The van der Waals surface area contributed by atoms with Crippen molar-refractivity contribution < 1.29 is 28.6 Å². The zero-order chi connectivity index (χ0) is 47.2. The van der Waals surface area contributed by atoms with Crippen LogP contribution in [0.1, 0.15) is 329 Å². The minimum atomic E-state index is -0.765. The molecule has 0 saturated carbocycles. The van der Waals surface area contributed by atoms with Gasteiger partial charge in [-0.2, -0.15) is 0 Å². The summed E-state index contributed by atoms with van der Waals surface area (Å²) < 4.78 is 16.9. The first-order valence-corrected chi connectivity index (χ1v) is 29.2. The van der Waals surface area contributed by atoms with E-state index < -0.39 is 6.10 Å². The Balaban J connectivity index is 4.27. The van der Waals surface area contributed by atoms with Gasteiger partial charge in [-0.1, -0.05) is 277 Å². The molecule has 0 amide bonds. The highest BCUT2D eigenvalue weighted by molar-refractivity contribution is 5.71. The van der Waals surface area contributed by atoms with Crippen LogP contribution in [0.3, 0.4) is 0 Å². The van der Waals surface area contributed by atoms with Crippen LogP contribution in [0, 0.1) is 0 Å². The summed E-state index contributed by atoms with van der Waals surface area (Å²) in [7, 11) is 0. The van der Waals surface area contributed by atoms with Gasteiger partial charge in [-0.05, 0) is 44.9 Å². The van der Waals surface area contributed by atoms with Crippen molar-refractivity contribution in [2.45, 2.75) is 335 Å². The van der Waals surface area contributed by atoms with E-state index in [4.69, 9.17) is 14.2 Å². The highest BCUT2D eigenvalue weighted by Crippen LogP contribution is 2.17. The Hall–Kier alpha value is -1.85. The second-order valence-electron chi connectivity index (χ2n) is 19.9. The monoisotopic (exact) mass is 917 g/mol. The number of rotatable bonds is 54. The molecule has 0 saturated heterocycles. The molecule has 1 unspecified atom stereocenters. The van der Waals surface area contributed by atoms with Crippen molar-refractivity contribution in [3.8, 4) is 0 Å². The molecule has 0 aromatic heterocycles. The van der Waals surface area contributed by atoms with Crippen LogP contribution in [0.4, 0.5) is 0 Å². The number of unbranched alkanes of at least 4 members (excludes halogenated alkanes) is 41. The maximum atomic E-state index is 12.8. The lowest BCUT2D eigenvalue weighted by molar-refractivity contribution is -0.167. The lowest BCUT2D eigenvalue weighted by Crippen LogP contribution is -2.30. The number of allylic oxidation sites excluding steroid dienone is 2. The molecule has 0 heterocycles. The predicted molar refractivity (Wildman–Crippen MR) is 280 cm³/mol. The summed E-state index contributed by atoms with van der Waals surface area (Å²) in [5.74, 6) is -0.847. The van der Waals surface area contributed by atoms with Gasteiger partial charge < -0.3 is 14.2 Å². The minimum Gasteiger partial charge on any atom is -0.462 e. The third-order valence-electron chi connectivity index (χ3n) is 13.3.